The van der Waals surface area contributed by atoms with Gasteiger partial charge in [-0.1, -0.05) is 45.0 Å². The molecule has 0 aliphatic heterocycles. The number of ether oxygens (including phenoxy) is 3. The van der Waals surface area contributed by atoms with Gasteiger partial charge in [0.25, 0.3) is 15.9 Å². The summed E-state index contributed by atoms with van der Waals surface area (Å²) in [5.41, 5.74) is 8.09. The third-order valence-electron chi connectivity index (χ3n) is 5.22. The molecule has 3 aromatic carbocycles. The SMILES string of the molecule is COc1ccccc1Oc1c(NS(=O)(=O)c2ccc(C(C)(C)C)cc2)cc(C([NH])=O)cc1OCCO. The number of hydrogen-bond donors (Lipinski definition) is 2. The molecule has 3 aromatic rings. The van der Waals surface area contributed by atoms with Gasteiger partial charge < -0.3 is 19.3 Å². The van der Waals surface area contributed by atoms with E-state index in [4.69, 9.17) is 19.9 Å². The zero-order valence-electron chi connectivity index (χ0n) is 20.5. The predicted molar refractivity (Wildman–Crippen MR) is 135 cm³/mol. The number of hydrogen-bond acceptors (Lipinski definition) is 7. The van der Waals surface area contributed by atoms with Crippen LogP contribution in [0.2, 0.25) is 0 Å². The predicted octanol–water partition coefficient (Wildman–Crippen LogP) is 4.38. The van der Waals surface area contributed by atoms with E-state index < -0.39 is 15.9 Å². The summed E-state index contributed by atoms with van der Waals surface area (Å²) in [4.78, 5) is 11.9. The van der Waals surface area contributed by atoms with Crippen LogP contribution in [0.25, 0.3) is 0 Å². The van der Waals surface area contributed by atoms with E-state index in [1.54, 1.807) is 36.4 Å². The van der Waals surface area contributed by atoms with Gasteiger partial charge in [0.2, 0.25) is 0 Å². The maximum atomic E-state index is 13.3. The van der Waals surface area contributed by atoms with Crippen molar-refractivity contribution in [2.45, 2.75) is 31.1 Å². The van der Waals surface area contributed by atoms with Crippen LogP contribution in [-0.2, 0) is 15.4 Å². The molecule has 0 fully saturated rings. The van der Waals surface area contributed by atoms with Crippen LogP contribution in [0.5, 0.6) is 23.0 Å². The van der Waals surface area contributed by atoms with Gasteiger partial charge in [-0.2, -0.15) is 0 Å². The number of amides is 1. The number of para-hydroxylation sites is 2. The van der Waals surface area contributed by atoms with Crippen molar-refractivity contribution in [2.24, 2.45) is 0 Å². The molecule has 0 atom stereocenters. The van der Waals surface area contributed by atoms with Crippen LogP contribution < -0.4 is 24.7 Å². The van der Waals surface area contributed by atoms with Gasteiger partial charge in [-0.15, -0.1) is 0 Å². The van der Waals surface area contributed by atoms with E-state index in [2.05, 4.69) is 4.72 Å². The standard InChI is InChI=1S/C26H29N2O7S/c1-26(2,3)18-9-11-19(12-10-18)36(31,32)28-20-15-17(25(27)30)16-23(34-14-13-29)24(20)35-22-8-6-5-7-21(22)33-4/h5-12,15-16,27-29H,13-14H2,1-4H3. The highest BCUT2D eigenvalue weighted by atomic mass is 32.2. The Bertz CT molecular complexity index is 1330. The van der Waals surface area contributed by atoms with Gasteiger partial charge in [0, 0.05) is 5.56 Å². The monoisotopic (exact) mass is 513 g/mol. The molecule has 9 nitrogen and oxygen atoms in total. The molecule has 191 valence electrons. The number of anilines is 1. The Kier molecular flexibility index (Phi) is 8.11. The van der Waals surface area contributed by atoms with Gasteiger partial charge in [-0.3, -0.25) is 15.3 Å². The minimum atomic E-state index is -4.12. The quantitative estimate of drug-likeness (QED) is 0.411. The first-order valence-corrected chi connectivity index (χ1v) is 12.6. The molecule has 10 heteroatoms. The van der Waals surface area contributed by atoms with Crippen molar-refractivity contribution in [3.8, 4) is 23.0 Å². The summed E-state index contributed by atoms with van der Waals surface area (Å²) < 4.78 is 45.9. The Morgan fingerprint density at radius 1 is 1.00 bits per heavy atom. The molecule has 0 aliphatic rings. The maximum absolute atomic E-state index is 13.3. The number of sulfonamides is 1. The molecule has 1 amide bonds. The lowest BCUT2D eigenvalue weighted by molar-refractivity contribution is 0.0991. The molecule has 3 rings (SSSR count). The van der Waals surface area contributed by atoms with Crippen LogP contribution >= 0.6 is 0 Å². The maximum Gasteiger partial charge on any atom is 0.269 e. The molecular weight excluding hydrogens is 484 g/mol. The normalized spacial score (nSPS) is 11.6. The average Bonchev–Trinajstić information content (AvgIpc) is 2.83. The van der Waals surface area contributed by atoms with Crippen LogP contribution in [-0.4, -0.2) is 39.8 Å². The largest absolute Gasteiger partial charge is 0.493 e. The summed E-state index contributed by atoms with van der Waals surface area (Å²) in [7, 11) is -2.67. The summed E-state index contributed by atoms with van der Waals surface area (Å²) in [6.07, 6.45) is 0. The summed E-state index contributed by atoms with van der Waals surface area (Å²) >= 11 is 0. The van der Waals surface area contributed by atoms with E-state index in [1.165, 1.54) is 31.4 Å². The van der Waals surface area contributed by atoms with Crippen molar-refractivity contribution in [3.05, 3.63) is 71.8 Å². The number of benzene rings is 3. The van der Waals surface area contributed by atoms with E-state index in [0.717, 1.165) is 5.56 Å². The van der Waals surface area contributed by atoms with Gasteiger partial charge in [0.05, 0.1) is 24.3 Å². The Labute approximate surface area is 210 Å². The first-order chi connectivity index (χ1) is 17.0. The summed E-state index contributed by atoms with van der Waals surface area (Å²) in [6, 6.07) is 15.6. The van der Waals surface area contributed by atoms with E-state index >= 15 is 0 Å². The highest BCUT2D eigenvalue weighted by Crippen LogP contribution is 2.43. The molecule has 36 heavy (non-hydrogen) atoms. The lowest BCUT2D eigenvalue weighted by atomic mass is 9.87. The number of carbonyl (C=O) groups excluding carboxylic acids is 1. The highest BCUT2D eigenvalue weighted by Gasteiger charge is 2.24. The van der Waals surface area contributed by atoms with Crippen LogP contribution in [0.3, 0.4) is 0 Å². The minimum absolute atomic E-state index is 0.000767. The molecule has 0 unspecified atom stereocenters. The summed E-state index contributed by atoms with van der Waals surface area (Å²) in [6.45, 7) is 5.57. The number of carbonyl (C=O) groups is 1. The fourth-order valence-corrected chi connectivity index (χ4v) is 4.38. The van der Waals surface area contributed by atoms with Gasteiger partial charge in [0.1, 0.15) is 6.61 Å². The average molecular weight is 514 g/mol. The molecule has 0 bridgehead atoms. The summed E-state index contributed by atoms with van der Waals surface area (Å²) in [5, 5.41) is 9.25. The molecule has 0 spiro atoms. The molecule has 3 N–H and O–H groups in total. The van der Waals surface area contributed by atoms with Crippen molar-refractivity contribution in [3.63, 3.8) is 0 Å². The Morgan fingerprint density at radius 3 is 2.19 bits per heavy atom. The fraction of sp³-hybridized carbons (Fsp3) is 0.269. The smallest absolute Gasteiger partial charge is 0.269 e. The van der Waals surface area contributed by atoms with E-state index in [9.17, 15) is 18.3 Å². The second kappa shape index (κ2) is 10.9. The molecule has 0 aliphatic carbocycles. The van der Waals surface area contributed by atoms with Gasteiger partial charge in [0.15, 0.2) is 23.0 Å². The second-order valence-corrected chi connectivity index (χ2v) is 10.6. The number of aliphatic hydroxyl groups is 1. The molecule has 0 heterocycles. The first kappa shape index (κ1) is 26.8. The number of rotatable bonds is 10. The number of methoxy groups -OCH3 is 1. The third-order valence-corrected chi connectivity index (χ3v) is 6.60. The summed E-state index contributed by atoms with van der Waals surface area (Å²) in [5.74, 6) is -0.518. The molecular formula is C26H29N2O7S. The van der Waals surface area contributed by atoms with Crippen LogP contribution in [0.1, 0.15) is 36.7 Å². The third kappa shape index (κ3) is 6.27. The highest BCUT2D eigenvalue weighted by molar-refractivity contribution is 7.92. The Hall–Kier alpha value is -3.76. The van der Waals surface area contributed by atoms with E-state index in [0.29, 0.717) is 5.75 Å². The van der Waals surface area contributed by atoms with Crippen molar-refractivity contribution < 1.29 is 32.5 Å². The molecule has 1 radical (unpaired) electrons. The van der Waals surface area contributed by atoms with Crippen molar-refractivity contribution in [2.75, 3.05) is 25.0 Å². The fourth-order valence-electron chi connectivity index (χ4n) is 3.33. The lowest BCUT2D eigenvalue weighted by Crippen LogP contribution is -2.16. The second-order valence-electron chi connectivity index (χ2n) is 8.89. The Morgan fingerprint density at radius 2 is 1.64 bits per heavy atom. The van der Waals surface area contributed by atoms with Gasteiger partial charge in [-0.05, 0) is 47.4 Å². The van der Waals surface area contributed by atoms with Crippen molar-refractivity contribution >= 4 is 21.6 Å². The van der Waals surface area contributed by atoms with Crippen molar-refractivity contribution in [1.82, 2.24) is 5.73 Å². The lowest BCUT2D eigenvalue weighted by Gasteiger charge is -2.20. The minimum Gasteiger partial charge on any atom is -0.493 e. The zero-order chi connectivity index (χ0) is 26.5. The van der Waals surface area contributed by atoms with E-state index in [1.807, 2.05) is 20.8 Å². The zero-order valence-corrected chi connectivity index (χ0v) is 21.3. The first-order valence-electron chi connectivity index (χ1n) is 11.1. The number of aliphatic hydroxyl groups excluding tert-OH is 1. The molecule has 0 saturated carbocycles. The van der Waals surface area contributed by atoms with E-state index in [-0.39, 0.29) is 52.0 Å². The topological polar surface area (TPSA) is 135 Å². The Balaban J connectivity index is 2.12. The molecule has 0 saturated heterocycles. The van der Waals surface area contributed by atoms with Gasteiger partial charge >= 0.3 is 0 Å². The number of nitrogens with one attached hydrogen (secondary N) is 2. The van der Waals surface area contributed by atoms with Crippen LogP contribution in [0, 0.1) is 0 Å². The van der Waals surface area contributed by atoms with Crippen molar-refractivity contribution in [1.29, 1.82) is 0 Å². The molecule has 0 aromatic heterocycles. The van der Waals surface area contributed by atoms with Crippen LogP contribution in [0.4, 0.5) is 5.69 Å². The van der Waals surface area contributed by atoms with Gasteiger partial charge in [-0.25, -0.2) is 8.42 Å². The van der Waals surface area contributed by atoms with Crippen LogP contribution in [0.15, 0.2) is 65.6 Å².